The zero-order chi connectivity index (χ0) is 12.7. The maximum absolute atomic E-state index is 4.35. The molecule has 1 aromatic heterocycles. The van der Waals surface area contributed by atoms with E-state index in [1.165, 1.54) is 0 Å². The van der Waals surface area contributed by atoms with Crippen molar-refractivity contribution in [2.75, 3.05) is 31.5 Å². The molecule has 0 saturated heterocycles. The van der Waals surface area contributed by atoms with Crippen molar-refractivity contribution in [2.24, 2.45) is 5.92 Å². The summed E-state index contributed by atoms with van der Waals surface area (Å²) < 4.78 is 2.20. The van der Waals surface area contributed by atoms with E-state index in [0.29, 0.717) is 5.92 Å². The number of anilines is 1. The van der Waals surface area contributed by atoms with E-state index in [2.05, 4.69) is 47.5 Å². The van der Waals surface area contributed by atoms with Crippen LogP contribution in [0.25, 0.3) is 0 Å². The Kier molecular flexibility index (Phi) is 6.05. The van der Waals surface area contributed by atoms with E-state index >= 15 is 0 Å². The largest absolute Gasteiger partial charge is 0.355 e. The summed E-state index contributed by atoms with van der Waals surface area (Å²) in [6.07, 6.45) is 3.91. The molecule has 0 bridgehead atoms. The summed E-state index contributed by atoms with van der Waals surface area (Å²) in [7, 11) is 0. The highest BCUT2D eigenvalue weighted by Gasteiger charge is 2.04. The van der Waals surface area contributed by atoms with Gasteiger partial charge in [-0.05, 0) is 19.0 Å². The number of rotatable bonds is 8. The second kappa shape index (κ2) is 7.33. The Hall–Kier alpha value is -1.03. The van der Waals surface area contributed by atoms with Crippen molar-refractivity contribution >= 4 is 5.95 Å². The lowest BCUT2D eigenvalue weighted by Crippen LogP contribution is -2.27. The third kappa shape index (κ3) is 4.77. The van der Waals surface area contributed by atoms with Gasteiger partial charge in [0.2, 0.25) is 5.95 Å². The van der Waals surface area contributed by atoms with Gasteiger partial charge in [0.05, 0.1) is 0 Å². The van der Waals surface area contributed by atoms with Gasteiger partial charge in [-0.15, -0.1) is 0 Å². The summed E-state index contributed by atoms with van der Waals surface area (Å²) >= 11 is 0. The fraction of sp³-hybridized carbons (Fsp3) is 0.769. The van der Waals surface area contributed by atoms with Gasteiger partial charge in [0.1, 0.15) is 0 Å². The first-order valence-corrected chi connectivity index (χ1v) is 6.64. The Morgan fingerprint density at radius 2 is 2.06 bits per heavy atom. The van der Waals surface area contributed by atoms with Crippen molar-refractivity contribution in [3.63, 3.8) is 0 Å². The zero-order valence-corrected chi connectivity index (χ0v) is 11.6. The summed E-state index contributed by atoms with van der Waals surface area (Å²) in [6.45, 7) is 14.1. The average molecular weight is 238 g/mol. The van der Waals surface area contributed by atoms with E-state index in [1.807, 2.05) is 12.4 Å². The molecule has 0 spiro atoms. The third-order valence-corrected chi connectivity index (χ3v) is 2.94. The van der Waals surface area contributed by atoms with Gasteiger partial charge in [0.25, 0.3) is 0 Å². The number of aromatic nitrogens is 2. The Labute approximate surface area is 105 Å². The molecule has 0 aliphatic heterocycles. The highest BCUT2D eigenvalue weighted by molar-refractivity contribution is 5.25. The second-order valence-electron chi connectivity index (χ2n) is 4.75. The highest BCUT2D eigenvalue weighted by Crippen LogP contribution is 2.06. The van der Waals surface area contributed by atoms with Crippen LogP contribution in [0.2, 0.25) is 0 Å². The molecule has 0 atom stereocenters. The summed E-state index contributed by atoms with van der Waals surface area (Å²) in [4.78, 5) is 6.77. The fourth-order valence-corrected chi connectivity index (χ4v) is 1.74. The minimum absolute atomic E-state index is 0.642. The molecule has 0 radical (unpaired) electrons. The Balaban J connectivity index is 2.45. The molecule has 4 heteroatoms. The molecular weight excluding hydrogens is 212 g/mol. The molecule has 1 rings (SSSR count). The van der Waals surface area contributed by atoms with Crippen LogP contribution < -0.4 is 5.32 Å². The highest BCUT2D eigenvalue weighted by atomic mass is 15.2. The summed E-state index contributed by atoms with van der Waals surface area (Å²) in [5.41, 5.74) is 0. The second-order valence-corrected chi connectivity index (χ2v) is 4.75. The smallest absolute Gasteiger partial charge is 0.202 e. The van der Waals surface area contributed by atoms with Crippen LogP contribution in [0, 0.1) is 5.92 Å². The lowest BCUT2D eigenvalue weighted by atomic mass is 10.2. The zero-order valence-electron chi connectivity index (χ0n) is 11.6. The maximum Gasteiger partial charge on any atom is 0.202 e. The lowest BCUT2D eigenvalue weighted by molar-refractivity contribution is 0.291. The van der Waals surface area contributed by atoms with Crippen molar-refractivity contribution < 1.29 is 0 Å². The van der Waals surface area contributed by atoms with Crippen LogP contribution in [0.3, 0.4) is 0 Å². The predicted octanol–water partition coefficient (Wildman–Crippen LogP) is 2.29. The van der Waals surface area contributed by atoms with Crippen molar-refractivity contribution in [1.29, 1.82) is 0 Å². The van der Waals surface area contributed by atoms with Crippen LogP contribution in [0.15, 0.2) is 12.4 Å². The van der Waals surface area contributed by atoms with Crippen molar-refractivity contribution in [3.05, 3.63) is 12.4 Å². The van der Waals surface area contributed by atoms with E-state index in [-0.39, 0.29) is 0 Å². The van der Waals surface area contributed by atoms with Crippen LogP contribution in [-0.2, 0) is 6.54 Å². The van der Waals surface area contributed by atoms with E-state index in [0.717, 1.165) is 38.7 Å². The number of hydrogen-bond acceptors (Lipinski definition) is 3. The normalized spacial score (nSPS) is 11.4. The first-order valence-electron chi connectivity index (χ1n) is 6.64. The van der Waals surface area contributed by atoms with Crippen molar-refractivity contribution in [2.45, 2.75) is 34.2 Å². The topological polar surface area (TPSA) is 33.1 Å². The third-order valence-electron chi connectivity index (χ3n) is 2.94. The van der Waals surface area contributed by atoms with Gasteiger partial charge in [0.15, 0.2) is 0 Å². The van der Waals surface area contributed by atoms with Crippen LogP contribution >= 0.6 is 0 Å². The molecule has 4 nitrogen and oxygen atoms in total. The molecule has 1 N–H and O–H groups in total. The standard InChI is InChI=1S/C13H26N4/c1-5-16(6-2)9-10-17-8-7-14-13(17)15-11-12(3)4/h7-8,12H,5-6,9-11H2,1-4H3,(H,14,15). The number of imidazole rings is 1. The van der Waals surface area contributed by atoms with Gasteiger partial charge in [-0.25, -0.2) is 4.98 Å². The van der Waals surface area contributed by atoms with E-state index in [1.54, 1.807) is 0 Å². The van der Waals surface area contributed by atoms with E-state index < -0.39 is 0 Å². The van der Waals surface area contributed by atoms with Crippen molar-refractivity contribution in [1.82, 2.24) is 14.5 Å². The van der Waals surface area contributed by atoms with Gasteiger partial charge < -0.3 is 14.8 Å². The quantitative estimate of drug-likeness (QED) is 0.754. The molecule has 0 amide bonds. The molecule has 1 aromatic rings. The first-order chi connectivity index (χ1) is 8.17. The van der Waals surface area contributed by atoms with E-state index in [4.69, 9.17) is 0 Å². The summed E-state index contributed by atoms with van der Waals surface area (Å²) in [5.74, 6) is 1.63. The molecule has 0 fully saturated rings. The lowest BCUT2D eigenvalue weighted by Gasteiger charge is -2.19. The minimum Gasteiger partial charge on any atom is -0.355 e. The van der Waals surface area contributed by atoms with Gasteiger partial charge in [0, 0.05) is 32.0 Å². The maximum atomic E-state index is 4.35. The van der Waals surface area contributed by atoms with Crippen LogP contribution in [-0.4, -0.2) is 40.6 Å². The molecule has 1 heterocycles. The van der Waals surface area contributed by atoms with Crippen LogP contribution in [0.5, 0.6) is 0 Å². The molecule has 0 aliphatic carbocycles. The summed E-state index contributed by atoms with van der Waals surface area (Å²) in [6, 6.07) is 0. The number of hydrogen-bond donors (Lipinski definition) is 1. The first kappa shape index (κ1) is 14.0. The fourth-order valence-electron chi connectivity index (χ4n) is 1.74. The van der Waals surface area contributed by atoms with Crippen molar-refractivity contribution in [3.8, 4) is 0 Å². The summed E-state index contributed by atoms with van der Waals surface area (Å²) in [5, 5.41) is 3.39. The number of nitrogens with zero attached hydrogens (tertiary/aromatic N) is 3. The molecule has 0 saturated carbocycles. The Bertz CT molecular complexity index is 302. The minimum atomic E-state index is 0.642. The van der Waals surface area contributed by atoms with E-state index in [9.17, 15) is 0 Å². The average Bonchev–Trinajstić information content (AvgIpc) is 2.75. The molecule has 98 valence electrons. The van der Waals surface area contributed by atoms with Gasteiger partial charge in [-0.2, -0.15) is 0 Å². The molecule has 0 aromatic carbocycles. The number of nitrogens with one attached hydrogen (secondary N) is 1. The molecule has 17 heavy (non-hydrogen) atoms. The Morgan fingerprint density at radius 1 is 1.35 bits per heavy atom. The molecular formula is C13H26N4. The molecule has 0 aliphatic rings. The molecule has 0 unspecified atom stereocenters. The van der Waals surface area contributed by atoms with Crippen LogP contribution in [0.4, 0.5) is 5.95 Å². The van der Waals surface area contributed by atoms with Gasteiger partial charge in [-0.3, -0.25) is 0 Å². The van der Waals surface area contributed by atoms with Crippen LogP contribution in [0.1, 0.15) is 27.7 Å². The monoisotopic (exact) mass is 238 g/mol. The predicted molar refractivity (Wildman–Crippen MR) is 73.3 cm³/mol. The van der Waals surface area contributed by atoms with Gasteiger partial charge in [-0.1, -0.05) is 27.7 Å². The Morgan fingerprint density at radius 3 is 2.65 bits per heavy atom. The number of likely N-dealkylation sites (N-methyl/N-ethyl adjacent to an activating group) is 1. The SMILES string of the molecule is CCN(CC)CCn1ccnc1NCC(C)C. The van der Waals surface area contributed by atoms with Gasteiger partial charge >= 0.3 is 0 Å².